The molecule has 1 aliphatic carbocycles. The van der Waals surface area contributed by atoms with E-state index in [0.717, 1.165) is 24.1 Å². The van der Waals surface area contributed by atoms with E-state index in [0.29, 0.717) is 25.4 Å². The van der Waals surface area contributed by atoms with Crippen LogP contribution in [0, 0.1) is 0 Å². The first-order valence-corrected chi connectivity index (χ1v) is 7.75. The molecular weight excluding hydrogens is 280 g/mol. The first kappa shape index (κ1) is 16.3. The fraction of sp³-hybridized carbons (Fsp3) is 0.500. The third kappa shape index (κ3) is 5.37. The van der Waals surface area contributed by atoms with E-state index >= 15 is 0 Å². The van der Waals surface area contributed by atoms with Crippen molar-refractivity contribution in [3.8, 4) is 0 Å². The number of nitrogens with two attached hydrogens (primary N) is 1. The molecule has 1 saturated carbocycles. The van der Waals surface area contributed by atoms with Crippen LogP contribution in [0.4, 0.5) is 10.5 Å². The molecule has 2 rings (SSSR count). The molecule has 6 nitrogen and oxygen atoms in total. The van der Waals surface area contributed by atoms with Gasteiger partial charge >= 0.3 is 6.03 Å². The molecule has 1 fully saturated rings. The van der Waals surface area contributed by atoms with Gasteiger partial charge in [-0.2, -0.15) is 0 Å². The topological polar surface area (TPSA) is 96.2 Å². The summed E-state index contributed by atoms with van der Waals surface area (Å²) in [5, 5.41) is 8.60. The molecule has 0 heterocycles. The number of carbonyl (C=O) groups is 2. The van der Waals surface area contributed by atoms with Gasteiger partial charge in [0.05, 0.1) is 6.04 Å². The maximum Gasteiger partial charge on any atom is 0.319 e. The van der Waals surface area contributed by atoms with Crippen molar-refractivity contribution in [1.82, 2.24) is 10.6 Å². The predicted octanol–water partition coefficient (Wildman–Crippen LogP) is 1.89. The molecule has 22 heavy (non-hydrogen) atoms. The smallest absolute Gasteiger partial charge is 0.319 e. The van der Waals surface area contributed by atoms with Crippen molar-refractivity contribution in [3.63, 3.8) is 0 Å². The third-order valence-corrected chi connectivity index (χ3v) is 3.57. The first-order valence-electron chi connectivity index (χ1n) is 7.75. The summed E-state index contributed by atoms with van der Waals surface area (Å²) >= 11 is 0. The monoisotopic (exact) mass is 304 g/mol. The molecule has 0 radical (unpaired) electrons. The van der Waals surface area contributed by atoms with Crippen molar-refractivity contribution in [3.05, 3.63) is 29.8 Å². The minimum absolute atomic E-state index is 0.00367. The minimum atomic E-state index is -0.168. The van der Waals surface area contributed by atoms with Gasteiger partial charge in [0.1, 0.15) is 0 Å². The maximum atomic E-state index is 11.7. The lowest BCUT2D eigenvalue weighted by atomic mass is 10.1. The average molecular weight is 304 g/mol. The lowest BCUT2D eigenvalue weighted by molar-refractivity contribution is -0.121. The number of urea groups is 1. The fourth-order valence-electron chi connectivity index (χ4n) is 2.09. The number of hydrogen-bond acceptors (Lipinski definition) is 3. The van der Waals surface area contributed by atoms with Crippen LogP contribution < -0.4 is 21.7 Å². The molecule has 0 aliphatic heterocycles. The number of carbonyl (C=O) groups excluding carboxylic acids is 2. The van der Waals surface area contributed by atoms with Crippen molar-refractivity contribution < 1.29 is 9.59 Å². The highest BCUT2D eigenvalue weighted by Gasteiger charge is 2.23. The van der Waals surface area contributed by atoms with Crippen LogP contribution in [0.2, 0.25) is 0 Å². The van der Waals surface area contributed by atoms with Gasteiger partial charge in [-0.1, -0.05) is 12.1 Å². The van der Waals surface area contributed by atoms with Crippen molar-refractivity contribution in [2.45, 2.75) is 44.7 Å². The molecule has 1 unspecified atom stereocenters. The zero-order valence-electron chi connectivity index (χ0n) is 12.9. The van der Waals surface area contributed by atoms with E-state index in [-0.39, 0.29) is 18.0 Å². The second-order valence-electron chi connectivity index (χ2n) is 5.68. The van der Waals surface area contributed by atoms with Gasteiger partial charge in [0.15, 0.2) is 0 Å². The minimum Gasteiger partial charge on any atom is -0.350 e. The lowest BCUT2D eigenvalue weighted by Gasteiger charge is -2.15. The number of benzene rings is 1. The number of hydrogen-bond donors (Lipinski definition) is 4. The van der Waals surface area contributed by atoms with E-state index in [4.69, 9.17) is 5.73 Å². The van der Waals surface area contributed by atoms with Crippen LogP contribution in [-0.2, 0) is 4.79 Å². The molecule has 3 amide bonds. The quantitative estimate of drug-likeness (QED) is 0.619. The summed E-state index contributed by atoms with van der Waals surface area (Å²) in [6, 6.07) is 7.58. The Bertz CT molecular complexity index is 511. The summed E-state index contributed by atoms with van der Waals surface area (Å²) in [6.07, 6.45) is 3.26. The van der Waals surface area contributed by atoms with Crippen LogP contribution in [0.15, 0.2) is 24.3 Å². The lowest BCUT2D eigenvalue weighted by Crippen LogP contribution is -2.30. The zero-order valence-corrected chi connectivity index (χ0v) is 12.9. The Morgan fingerprint density at radius 3 is 2.55 bits per heavy atom. The molecule has 5 N–H and O–H groups in total. The largest absolute Gasteiger partial charge is 0.350 e. The fourth-order valence-corrected chi connectivity index (χ4v) is 2.09. The molecular formula is C16H24N4O2. The predicted molar refractivity (Wildman–Crippen MR) is 86.5 cm³/mol. The maximum absolute atomic E-state index is 11.7. The van der Waals surface area contributed by atoms with Gasteiger partial charge < -0.3 is 21.7 Å². The summed E-state index contributed by atoms with van der Waals surface area (Å²) in [5.41, 5.74) is 7.12. The van der Waals surface area contributed by atoms with Gasteiger partial charge in [-0.25, -0.2) is 4.79 Å². The molecule has 0 bridgehead atoms. The van der Waals surface area contributed by atoms with Gasteiger partial charge in [-0.15, -0.1) is 0 Å². The van der Waals surface area contributed by atoms with Crippen LogP contribution >= 0.6 is 0 Å². The second-order valence-corrected chi connectivity index (χ2v) is 5.68. The van der Waals surface area contributed by atoms with Crippen molar-refractivity contribution in [2.75, 3.05) is 11.9 Å². The van der Waals surface area contributed by atoms with Crippen LogP contribution in [-0.4, -0.2) is 24.5 Å². The van der Waals surface area contributed by atoms with Crippen molar-refractivity contribution in [1.29, 1.82) is 0 Å². The van der Waals surface area contributed by atoms with Crippen LogP contribution in [0.1, 0.15) is 44.2 Å². The molecule has 0 saturated heterocycles. The normalized spacial score (nSPS) is 15.0. The van der Waals surface area contributed by atoms with E-state index in [1.807, 2.05) is 31.2 Å². The number of nitrogens with one attached hydrogen (secondary N) is 3. The van der Waals surface area contributed by atoms with Gasteiger partial charge in [0.2, 0.25) is 5.91 Å². The van der Waals surface area contributed by atoms with E-state index in [9.17, 15) is 9.59 Å². The Labute approximate surface area is 130 Å². The molecule has 120 valence electrons. The molecule has 0 aromatic heterocycles. The van der Waals surface area contributed by atoms with Crippen molar-refractivity contribution in [2.24, 2.45) is 5.73 Å². The Morgan fingerprint density at radius 2 is 1.95 bits per heavy atom. The van der Waals surface area contributed by atoms with Crippen LogP contribution in [0.5, 0.6) is 0 Å². The summed E-state index contributed by atoms with van der Waals surface area (Å²) in [5.74, 6) is 0.00367. The Hall–Kier alpha value is -2.08. The first-order chi connectivity index (χ1) is 10.6. The molecule has 1 aliphatic rings. The Morgan fingerprint density at radius 1 is 1.27 bits per heavy atom. The van der Waals surface area contributed by atoms with E-state index < -0.39 is 0 Å². The third-order valence-electron chi connectivity index (χ3n) is 3.57. The Balaban J connectivity index is 1.81. The highest BCUT2D eigenvalue weighted by Crippen LogP contribution is 2.19. The standard InChI is InChI=1S/C16H24N4O2/c1-11(18-15(21)3-2-10-17)12-4-6-13(7-5-12)19-16(22)20-14-8-9-14/h4-7,11,14H,2-3,8-10,17H2,1H3,(H,18,21)(H2,19,20,22). The van der Waals surface area contributed by atoms with E-state index in [2.05, 4.69) is 16.0 Å². The van der Waals surface area contributed by atoms with Gasteiger partial charge in [0, 0.05) is 18.2 Å². The van der Waals surface area contributed by atoms with Crippen LogP contribution in [0.25, 0.3) is 0 Å². The Kier molecular flexibility index (Phi) is 5.77. The van der Waals surface area contributed by atoms with E-state index in [1.54, 1.807) is 0 Å². The molecule has 1 aromatic carbocycles. The number of amides is 3. The second kappa shape index (κ2) is 7.79. The number of anilines is 1. The highest BCUT2D eigenvalue weighted by molar-refractivity contribution is 5.89. The van der Waals surface area contributed by atoms with Crippen molar-refractivity contribution >= 4 is 17.6 Å². The molecule has 1 atom stereocenters. The summed E-state index contributed by atoms with van der Waals surface area (Å²) in [6.45, 7) is 2.45. The molecule has 1 aromatic rings. The van der Waals surface area contributed by atoms with Gasteiger partial charge in [0.25, 0.3) is 0 Å². The highest BCUT2D eigenvalue weighted by atomic mass is 16.2. The summed E-state index contributed by atoms with van der Waals surface area (Å²) in [7, 11) is 0. The zero-order chi connectivity index (χ0) is 15.9. The molecule has 0 spiro atoms. The molecule has 6 heteroatoms. The average Bonchev–Trinajstić information content (AvgIpc) is 3.29. The van der Waals surface area contributed by atoms with Gasteiger partial charge in [-0.3, -0.25) is 4.79 Å². The number of rotatable bonds is 7. The summed E-state index contributed by atoms with van der Waals surface area (Å²) in [4.78, 5) is 23.3. The van der Waals surface area contributed by atoms with E-state index in [1.165, 1.54) is 0 Å². The van der Waals surface area contributed by atoms with Gasteiger partial charge in [-0.05, 0) is 50.4 Å². The summed E-state index contributed by atoms with van der Waals surface area (Å²) < 4.78 is 0. The van der Waals surface area contributed by atoms with Crippen LogP contribution in [0.3, 0.4) is 0 Å². The SMILES string of the molecule is CC(NC(=O)CCCN)c1ccc(NC(=O)NC2CC2)cc1.